The highest BCUT2D eigenvalue weighted by molar-refractivity contribution is 5.31. The fraction of sp³-hybridized carbons (Fsp3) is 0.667. The number of rotatable bonds is 0. The van der Waals surface area contributed by atoms with Crippen LogP contribution in [0.3, 0.4) is 0 Å². The van der Waals surface area contributed by atoms with Crippen LogP contribution >= 0.6 is 0 Å². The second-order valence-corrected chi connectivity index (χ2v) is 2.90. The first kappa shape index (κ1) is 14.1. The lowest BCUT2D eigenvalue weighted by molar-refractivity contribution is -0.377. The van der Waals surface area contributed by atoms with Crippen molar-refractivity contribution in [3.05, 3.63) is 11.4 Å². The molecule has 0 aromatic heterocycles. The van der Waals surface area contributed by atoms with Crippen LogP contribution in [0, 0.1) is 0 Å². The summed E-state index contributed by atoms with van der Waals surface area (Å²) in [4.78, 5) is 0. The van der Waals surface area contributed by atoms with Gasteiger partial charge in [0.25, 0.3) is 0 Å². The van der Waals surface area contributed by atoms with Crippen molar-refractivity contribution < 1.29 is 48.6 Å². The standard InChI is InChI=1S/C6F10O/c7-2-1(4(9,10)11)5(12,13)17-3(2,8)6(14,15)16. The van der Waals surface area contributed by atoms with E-state index < -0.39 is 35.7 Å². The van der Waals surface area contributed by atoms with Gasteiger partial charge in [-0.05, 0) is 0 Å². The van der Waals surface area contributed by atoms with Gasteiger partial charge in [0, 0.05) is 0 Å². The van der Waals surface area contributed by atoms with E-state index in [1.54, 1.807) is 0 Å². The molecule has 0 saturated heterocycles. The Hall–Kier alpha value is -1.00. The quantitative estimate of drug-likeness (QED) is 0.615. The lowest BCUT2D eigenvalue weighted by atomic mass is 10.1. The SMILES string of the molecule is FC1=C(C(F)(F)F)C(F)(F)OC1(F)C(F)(F)F. The second kappa shape index (κ2) is 3.27. The number of hydrogen-bond acceptors (Lipinski definition) is 1. The third-order valence-electron chi connectivity index (χ3n) is 1.71. The van der Waals surface area contributed by atoms with Gasteiger partial charge < -0.3 is 0 Å². The maximum Gasteiger partial charge on any atom is 0.455 e. The van der Waals surface area contributed by atoms with Gasteiger partial charge in [-0.1, -0.05) is 0 Å². The average Bonchev–Trinajstić information content (AvgIpc) is 2.14. The predicted octanol–water partition coefficient (Wildman–Crippen LogP) is 3.62. The van der Waals surface area contributed by atoms with Crippen LogP contribution in [-0.2, 0) is 4.74 Å². The summed E-state index contributed by atoms with van der Waals surface area (Å²) in [6.45, 7) is 0. The first-order valence-corrected chi connectivity index (χ1v) is 3.55. The minimum atomic E-state index is -6.41. The Morgan fingerprint density at radius 3 is 1.47 bits per heavy atom. The molecule has 17 heavy (non-hydrogen) atoms. The summed E-state index contributed by atoms with van der Waals surface area (Å²) in [6.07, 6.45) is -18.4. The summed E-state index contributed by atoms with van der Waals surface area (Å²) < 4.78 is 123. The van der Waals surface area contributed by atoms with Crippen molar-refractivity contribution in [3.63, 3.8) is 0 Å². The van der Waals surface area contributed by atoms with Crippen LogP contribution in [-0.4, -0.2) is 24.3 Å². The lowest BCUT2D eigenvalue weighted by Gasteiger charge is -2.22. The zero-order valence-corrected chi connectivity index (χ0v) is 7.19. The Bertz CT molecular complexity index is 362. The third-order valence-corrected chi connectivity index (χ3v) is 1.71. The molecule has 1 rings (SSSR count). The van der Waals surface area contributed by atoms with Gasteiger partial charge in [-0.2, -0.15) is 39.5 Å². The summed E-state index contributed by atoms with van der Waals surface area (Å²) in [5, 5.41) is 0. The van der Waals surface area contributed by atoms with E-state index in [9.17, 15) is 43.9 Å². The second-order valence-electron chi connectivity index (χ2n) is 2.90. The molecule has 1 nitrogen and oxygen atoms in total. The van der Waals surface area contributed by atoms with Crippen LogP contribution in [0.4, 0.5) is 43.9 Å². The molecule has 0 N–H and O–H groups in total. The van der Waals surface area contributed by atoms with Crippen LogP contribution in [0.1, 0.15) is 0 Å². The summed E-state index contributed by atoms with van der Waals surface area (Å²) >= 11 is 0. The third kappa shape index (κ3) is 1.96. The van der Waals surface area contributed by atoms with Gasteiger partial charge in [0.05, 0.1) is 0 Å². The Labute approximate surface area is 85.6 Å². The van der Waals surface area contributed by atoms with Crippen molar-refractivity contribution in [1.82, 2.24) is 0 Å². The minimum absolute atomic E-state index is 2.26. The molecule has 0 radical (unpaired) electrons. The molecule has 1 aliphatic rings. The molecule has 1 heterocycles. The molecule has 0 bridgehead atoms. The average molecular weight is 278 g/mol. The summed E-state index contributed by atoms with van der Waals surface area (Å²) in [7, 11) is 0. The van der Waals surface area contributed by atoms with Crippen LogP contribution in [0.5, 0.6) is 0 Å². The van der Waals surface area contributed by atoms with E-state index >= 15 is 0 Å². The molecule has 0 amide bonds. The van der Waals surface area contributed by atoms with E-state index in [2.05, 4.69) is 4.74 Å². The molecular weight excluding hydrogens is 278 g/mol. The zero-order chi connectivity index (χ0) is 13.9. The summed E-state index contributed by atoms with van der Waals surface area (Å²) in [6, 6.07) is 0. The highest BCUT2D eigenvalue weighted by Crippen LogP contribution is 2.57. The first-order valence-electron chi connectivity index (χ1n) is 3.55. The molecule has 0 aromatic carbocycles. The predicted molar refractivity (Wildman–Crippen MR) is 30.1 cm³/mol. The van der Waals surface area contributed by atoms with Crippen molar-refractivity contribution in [2.75, 3.05) is 0 Å². The van der Waals surface area contributed by atoms with Crippen molar-refractivity contribution >= 4 is 0 Å². The highest BCUT2D eigenvalue weighted by Gasteiger charge is 2.76. The van der Waals surface area contributed by atoms with Gasteiger partial charge in [0.2, 0.25) is 0 Å². The lowest BCUT2D eigenvalue weighted by Crippen LogP contribution is -2.44. The normalized spacial score (nSPS) is 30.0. The van der Waals surface area contributed by atoms with Gasteiger partial charge in [-0.3, -0.25) is 4.74 Å². The number of ether oxygens (including phenoxy) is 1. The minimum Gasteiger partial charge on any atom is -0.265 e. The fourth-order valence-corrected chi connectivity index (χ4v) is 1.03. The first-order chi connectivity index (χ1) is 7.23. The molecular formula is C6F10O. The zero-order valence-electron chi connectivity index (χ0n) is 7.19. The maximum absolute atomic E-state index is 12.7. The molecule has 0 aromatic rings. The van der Waals surface area contributed by atoms with Gasteiger partial charge >= 0.3 is 24.3 Å². The maximum atomic E-state index is 12.7. The molecule has 100 valence electrons. The molecule has 0 saturated carbocycles. The van der Waals surface area contributed by atoms with Crippen LogP contribution in [0.2, 0.25) is 0 Å². The molecule has 1 atom stereocenters. The van der Waals surface area contributed by atoms with E-state index in [-0.39, 0.29) is 0 Å². The van der Waals surface area contributed by atoms with Crippen molar-refractivity contribution in [3.8, 4) is 0 Å². The van der Waals surface area contributed by atoms with Crippen LogP contribution in [0.25, 0.3) is 0 Å². The Kier molecular flexibility index (Phi) is 2.70. The van der Waals surface area contributed by atoms with E-state index in [0.29, 0.717) is 0 Å². The van der Waals surface area contributed by atoms with Gasteiger partial charge in [0.15, 0.2) is 11.4 Å². The Morgan fingerprint density at radius 1 is 0.882 bits per heavy atom. The molecule has 0 fully saturated rings. The van der Waals surface area contributed by atoms with Crippen molar-refractivity contribution in [2.24, 2.45) is 0 Å². The van der Waals surface area contributed by atoms with E-state index in [4.69, 9.17) is 0 Å². The summed E-state index contributed by atoms with van der Waals surface area (Å²) in [5.41, 5.74) is -3.63. The van der Waals surface area contributed by atoms with E-state index in [1.807, 2.05) is 0 Å². The van der Waals surface area contributed by atoms with Gasteiger partial charge in [0.1, 0.15) is 0 Å². The van der Waals surface area contributed by atoms with E-state index in [0.717, 1.165) is 0 Å². The molecule has 11 heteroatoms. The monoisotopic (exact) mass is 278 g/mol. The van der Waals surface area contributed by atoms with Gasteiger partial charge in [-0.15, -0.1) is 0 Å². The highest BCUT2D eigenvalue weighted by atomic mass is 19.4. The smallest absolute Gasteiger partial charge is 0.265 e. The Morgan fingerprint density at radius 2 is 1.29 bits per heavy atom. The molecule has 0 aliphatic carbocycles. The van der Waals surface area contributed by atoms with Crippen LogP contribution < -0.4 is 0 Å². The molecule has 0 spiro atoms. The van der Waals surface area contributed by atoms with Crippen molar-refractivity contribution in [2.45, 2.75) is 24.3 Å². The topological polar surface area (TPSA) is 9.23 Å². The number of alkyl halides is 9. The summed E-state index contributed by atoms with van der Waals surface area (Å²) in [5.74, 6) is -9.55. The fourth-order valence-electron chi connectivity index (χ4n) is 1.03. The van der Waals surface area contributed by atoms with Crippen LogP contribution in [0.15, 0.2) is 11.4 Å². The Balaban J connectivity index is 3.45. The molecule has 1 unspecified atom stereocenters. The largest absolute Gasteiger partial charge is 0.455 e. The number of hydrogen-bond donors (Lipinski definition) is 0. The number of halogens is 10. The van der Waals surface area contributed by atoms with Gasteiger partial charge in [-0.25, -0.2) is 4.39 Å². The van der Waals surface area contributed by atoms with E-state index in [1.165, 1.54) is 0 Å². The molecule has 1 aliphatic heterocycles. The van der Waals surface area contributed by atoms with Crippen molar-refractivity contribution in [1.29, 1.82) is 0 Å².